The fourth-order valence-corrected chi connectivity index (χ4v) is 3.37. The zero-order valence-electron chi connectivity index (χ0n) is 15.8. The van der Waals surface area contributed by atoms with Gasteiger partial charge in [-0.05, 0) is 42.3 Å². The van der Waals surface area contributed by atoms with Crippen LogP contribution in [0.4, 0.5) is 10.5 Å². The van der Waals surface area contributed by atoms with Crippen molar-refractivity contribution in [3.8, 4) is 0 Å². The van der Waals surface area contributed by atoms with E-state index in [-0.39, 0.29) is 12.1 Å². The number of amides is 2. The number of hydrogen-bond acceptors (Lipinski definition) is 3. The maximum Gasteiger partial charge on any atom is 0.317 e. The second-order valence-corrected chi connectivity index (χ2v) is 7.76. The van der Waals surface area contributed by atoms with Gasteiger partial charge in [-0.2, -0.15) is 0 Å². The molecule has 2 aromatic rings. The maximum absolute atomic E-state index is 12.5. The van der Waals surface area contributed by atoms with E-state index < -0.39 is 0 Å². The number of morpholine rings is 1. The molecule has 2 aromatic carbocycles. The van der Waals surface area contributed by atoms with Crippen LogP contribution in [0.3, 0.4) is 0 Å². The highest BCUT2D eigenvalue weighted by Gasteiger charge is 2.15. The van der Waals surface area contributed by atoms with Crippen molar-refractivity contribution in [3.63, 3.8) is 0 Å². The molecule has 0 spiro atoms. The number of rotatable bonds is 5. The molecule has 1 N–H and O–H groups in total. The lowest BCUT2D eigenvalue weighted by atomic mass is 10.1. The number of carbonyl (C=O) groups excluding carboxylic acids is 1. The first kappa shape index (κ1) is 19.7. The van der Waals surface area contributed by atoms with E-state index in [0.717, 1.165) is 41.9 Å². The van der Waals surface area contributed by atoms with Crippen molar-refractivity contribution in [1.29, 1.82) is 0 Å². The number of nitrogens with one attached hydrogen (secondary N) is 1. The van der Waals surface area contributed by atoms with E-state index in [9.17, 15) is 4.79 Å². The molecule has 0 bridgehead atoms. The van der Waals surface area contributed by atoms with Crippen LogP contribution in [0.25, 0.3) is 0 Å². The average molecular weight is 432 g/mol. The molecule has 2 amide bonds. The van der Waals surface area contributed by atoms with E-state index >= 15 is 0 Å². The van der Waals surface area contributed by atoms with Crippen molar-refractivity contribution in [3.05, 3.63) is 64.1 Å². The monoisotopic (exact) mass is 431 g/mol. The van der Waals surface area contributed by atoms with E-state index in [0.29, 0.717) is 6.54 Å². The summed E-state index contributed by atoms with van der Waals surface area (Å²) in [4.78, 5) is 16.5. The summed E-state index contributed by atoms with van der Waals surface area (Å²) < 4.78 is 6.43. The smallest absolute Gasteiger partial charge is 0.317 e. The van der Waals surface area contributed by atoms with E-state index in [2.05, 4.69) is 50.4 Å². The van der Waals surface area contributed by atoms with Crippen LogP contribution in [0.5, 0.6) is 0 Å². The minimum absolute atomic E-state index is 0.0447. The largest absolute Gasteiger partial charge is 0.378 e. The van der Waals surface area contributed by atoms with Gasteiger partial charge in [0.05, 0.1) is 19.3 Å². The fraction of sp³-hybridized carbons (Fsp3) is 0.381. The van der Waals surface area contributed by atoms with Crippen molar-refractivity contribution in [2.45, 2.75) is 19.5 Å². The van der Waals surface area contributed by atoms with E-state index in [1.807, 2.05) is 38.2 Å². The Kier molecular flexibility index (Phi) is 6.74. The minimum atomic E-state index is -0.0809. The number of urea groups is 1. The van der Waals surface area contributed by atoms with Gasteiger partial charge >= 0.3 is 6.03 Å². The summed E-state index contributed by atoms with van der Waals surface area (Å²) in [5, 5.41) is 3.05. The predicted molar refractivity (Wildman–Crippen MR) is 112 cm³/mol. The highest BCUT2D eigenvalue weighted by molar-refractivity contribution is 9.10. The van der Waals surface area contributed by atoms with Gasteiger partial charge in [0, 0.05) is 36.8 Å². The predicted octanol–water partition coefficient (Wildman–Crippen LogP) is 4.19. The van der Waals surface area contributed by atoms with E-state index in [4.69, 9.17) is 4.74 Å². The molecule has 1 aliphatic heterocycles. The third kappa shape index (κ3) is 5.47. The second-order valence-electron chi connectivity index (χ2n) is 6.84. The minimum Gasteiger partial charge on any atom is -0.378 e. The van der Waals surface area contributed by atoms with Gasteiger partial charge in [-0.15, -0.1) is 0 Å². The first-order valence-electron chi connectivity index (χ1n) is 9.21. The van der Waals surface area contributed by atoms with Gasteiger partial charge in [0.25, 0.3) is 0 Å². The number of halogens is 1. The molecule has 3 rings (SSSR count). The molecule has 1 saturated heterocycles. The van der Waals surface area contributed by atoms with Gasteiger partial charge in [-0.25, -0.2) is 4.79 Å². The van der Waals surface area contributed by atoms with Crippen molar-refractivity contribution < 1.29 is 9.53 Å². The molecular formula is C21H26BrN3O2. The van der Waals surface area contributed by atoms with E-state index in [1.165, 1.54) is 5.69 Å². The van der Waals surface area contributed by atoms with Gasteiger partial charge in [-0.1, -0.05) is 40.2 Å². The summed E-state index contributed by atoms with van der Waals surface area (Å²) in [6.07, 6.45) is 0. The third-order valence-corrected chi connectivity index (χ3v) is 5.32. The molecule has 1 unspecified atom stereocenters. The third-order valence-electron chi connectivity index (χ3n) is 4.79. The van der Waals surface area contributed by atoms with Crippen LogP contribution in [0.2, 0.25) is 0 Å². The highest BCUT2D eigenvalue weighted by atomic mass is 79.9. The van der Waals surface area contributed by atoms with Crippen molar-refractivity contribution in [2.75, 3.05) is 38.3 Å². The summed E-state index contributed by atoms with van der Waals surface area (Å²) in [6, 6.07) is 16.3. The van der Waals surface area contributed by atoms with Gasteiger partial charge in [0.1, 0.15) is 0 Å². The molecular weight excluding hydrogens is 406 g/mol. The summed E-state index contributed by atoms with van der Waals surface area (Å²) in [6.45, 7) is 5.97. The van der Waals surface area contributed by atoms with Crippen LogP contribution in [0.15, 0.2) is 53.0 Å². The van der Waals surface area contributed by atoms with Crippen LogP contribution < -0.4 is 10.2 Å². The quantitative estimate of drug-likeness (QED) is 0.771. The second kappa shape index (κ2) is 9.24. The number of nitrogens with zero attached hydrogens (tertiary/aromatic N) is 2. The van der Waals surface area contributed by atoms with Gasteiger partial charge < -0.3 is 19.9 Å². The highest BCUT2D eigenvalue weighted by Crippen LogP contribution is 2.19. The molecule has 1 fully saturated rings. The standard InChI is InChI=1S/C21H26BrN3O2/c1-16(18-5-7-19(22)8-6-18)23-21(26)24(2)15-17-3-9-20(10-4-17)25-11-13-27-14-12-25/h3-10,16H,11-15H2,1-2H3,(H,23,26). The Morgan fingerprint density at radius 2 is 1.78 bits per heavy atom. The molecule has 1 atom stereocenters. The summed E-state index contributed by atoms with van der Waals surface area (Å²) in [5.41, 5.74) is 3.40. The Hall–Kier alpha value is -2.05. The van der Waals surface area contributed by atoms with Crippen LogP contribution in [0.1, 0.15) is 24.1 Å². The summed E-state index contributed by atoms with van der Waals surface area (Å²) in [7, 11) is 1.82. The number of hydrogen-bond donors (Lipinski definition) is 1. The average Bonchev–Trinajstić information content (AvgIpc) is 2.69. The van der Waals surface area contributed by atoms with Crippen molar-refractivity contribution in [2.24, 2.45) is 0 Å². The lowest BCUT2D eigenvalue weighted by molar-refractivity contribution is 0.122. The summed E-state index contributed by atoms with van der Waals surface area (Å²) >= 11 is 3.43. The Labute approximate surface area is 169 Å². The maximum atomic E-state index is 12.5. The lowest BCUT2D eigenvalue weighted by Gasteiger charge is -2.29. The molecule has 0 saturated carbocycles. The molecule has 1 heterocycles. The Bertz CT molecular complexity index is 743. The van der Waals surface area contributed by atoms with Gasteiger partial charge in [-0.3, -0.25) is 0 Å². The zero-order chi connectivity index (χ0) is 19.2. The van der Waals surface area contributed by atoms with E-state index in [1.54, 1.807) is 4.90 Å². The SMILES string of the molecule is CC(NC(=O)N(C)Cc1ccc(N2CCOCC2)cc1)c1ccc(Br)cc1. The van der Waals surface area contributed by atoms with Crippen LogP contribution in [0, 0.1) is 0 Å². The first-order valence-corrected chi connectivity index (χ1v) is 10.0. The number of anilines is 1. The van der Waals surface area contributed by atoms with Gasteiger partial charge in [0.15, 0.2) is 0 Å². The Morgan fingerprint density at radius 1 is 1.15 bits per heavy atom. The Morgan fingerprint density at radius 3 is 2.41 bits per heavy atom. The zero-order valence-corrected chi connectivity index (χ0v) is 17.4. The number of ether oxygens (including phenoxy) is 1. The van der Waals surface area contributed by atoms with Crippen LogP contribution >= 0.6 is 15.9 Å². The molecule has 0 aromatic heterocycles. The van der Waals surface area contributed by atoms with Crippen LogP contribution in [-0.2, 0) is 11.3 Å². The number of carbonyl (C=O) groups is 1. The summed E-state index contributed by atoms with van der Waals surface area (Å²) in [5.74, 6) is 0. The first-order chi connectivity index (χ1) is 13.0. The number of benzene rings is 2. The van der Waals surface area contributed by atoms with Crippen molar-refractivity contribution in [1.82, 2.24) is 10.2 Å². The fourth-order valence-electron chi connectivity index (χ4n) is 3.11. The molecule has 1 aliphatic rings. The van der Waals surface area contributed by atoms with Crippen molar-refractivity contribution >= 4 is 27.6 Å². The molecule has 144 valence electrons. The molecule has 27 heavy (non-hydrogen) atoms. The lowest BCUT2D eigenvalue weighted by Crippen LogP contribution is -2.38. The molecule has 5 nitrogen and oxygen atoms in total. The Balaban J connectivity index is 1.53. The normalized spacial score (nSPS) is 15.3. The molecule has 0 radical (unpaired) electrons. The van der Waals surface area contributed by atoms with Crippen LogP contribution in [-0.4, -0.2) is 44.3 Å². The molecule has 6 heteroatoms. The van der Waals surface area contributed by atoms with Gasteiger partial charge in [0.2, 0.25) is 0 Å². The topological polar surface area (TPSA) is 44.8 Å². The molecule has 0 aliphatic carbocycles.